The number of hydrogen-bond donors (Lipinski definition) is 1. The van der Waals surface area contributed by atoms with Crippen LogP contribution in [0.25, 0.3) is 0 Å². The fourth-order valence-corrected chi connectivity index (χ4v) is 4.69. The lowest BCUT2D eigenvalue weighted by Crippen LogP contribution is -2.54. The summed E-state index contributed by atoms with van der Waals surface area (Å²) in [6.07, 6.45) is 1.98. The summed E-state index contributed by atoms with van der Waals surface area (Å²) >= 11 is 0. The second-order valence-corrected chi connectivity index (χ2v) is 8.85. The van der Waals surface area contributed by atoms with Crippen LogP contribution in [0.3, 0.4) is 0 Å². The molecule has 2 aliphatic rings. The standard InChI is InChI=1S/C21H25FN2O5/c1-13-8-20(2,3)12-21(9-13)18(27)24(19(28)23-21)10-17(26)29-11-16(25)14-4-6-15(22)7-5-14/h4-7,13H,8-12H2,1-3H3,(H,23,28). The SMILES string of the molecule is CC1CC(C)(C)CC2(C1)NC(=O)N(CC(=O)OCC(=O)c1ccc(F)cc1)C2=O. The van der Waals surface area contributed by atoms with Crippen molar-refractivity contribution in [2.75, 3.05) is 13.2 Å². The van der Waals surface area contributed by atoms with Crippen LogP contribution in [0.4, 0.5) is 9.18 Å². The molecule has 0 radical (unpaired) electrons. The van der Waals surface area contributed by atoms with Crippen LogP contribution in [-0.4, -0.2) is 47.3 Å². The molecule has 3 rings (SSSR count). The maximum Gasteiger partial charge on any atom is 0.326 e. The summed E-state index contributed by atoms with van der Waals surface area (Å²) in [5.41, 5.74) is -0.909. The minimum atomic E-state index is -0.998. The zero-order chi connectivity index (χ0) is 21.4. The van der Waals surface area contributed by atoms with Gasteiger partial charge in [-0.15, -0.1) is 0 Å². The molecule has 0 aromatic heterocycles. The first-order chi connectivity index (χ1) is 13.5. The van der Waals surface area contributed by atoms with Crippen molar-refractivity contribution in [2.24, 2.45) is 11.3 Å². The highest BCUT2D eigenvalue weighted by molar-refractivity contribution is 6.09. The molecule has 1 aliphatic carbocycles. The Morgan fingerprint density at radius 1 is 1.21 bits per heavy atom. The lowest BCUT2D eigenvalue weighted by molar-refractivity contribution is -0.147. The van der Waals surface area contributed by atoms with Crippen molar-refractivity contribution < 1.29 is 28.3 Å². The number of rotatable bonds is 5. The first kappa shape index (κ1) is 21.0. The van der Waals surface area contributed by atoms with Crippen LogP contribution in [-0.2, 0) is 14.3 Å². The van der Waals surface area contributed by atoms with Crippen LogP contribution in [0.1, 0.15) is 50.4 Å². The third kappa shape index (κ3) is 4.46. The Morgan fingerprint density at radius 3 is 2.48 bits per heavy atom. The molecule has 1 heterocycles. The molecule has 1 aromatic carbocycles. The number of carbonyl (C=O) groups is 4. The summed E-state index contributed by atoms with van der Waals surface area (Å²) in [5.74, 6) is -2.02. The first-order valence-electron chi connectivity index (χ1n) is 9.60. The number of amides is 3. The highest BCUT2D eigenvalue weighted by Gasteiger charge is 2.56. The Hall–Kier alpha value is -2.77. The van der Waals surface area contributed by atoms with Gasteiger partial charge in [0, 0.05) is 5.56 Å². The molecule has 1 saturated carbocycles. The Kier molecular flexibility index (Phi) is 5.47. The normalized spacial score (nSPS) is 25.8. The average molecular weight is 404 g/mol. The van der Waals surface area contributed by atoms with Gasteiger partial charge in [0.05, 0.1) is 0 Å². The number of nitrogens with one attached hydrogen (secondary N) is 1. The smallest absolute Gasteiger partial charge is 0.326 e. The number of esters is 1. The number of Topliss-reactive ketones (excluding diaryl/α,β-unsaturated/α-hetero) is 1. The molecule has 156 valence electrons. The van der Waals surface area contributed by atoms with Crippen LogP contribution < -0.4 is 5.32 Å². The summed E-state index contributed by atoms with van der Waals surface area (Å²) in [5, 5.41) is 2.78. The molecule has 29 heavy (non-hydrogen) atoms. The van der Waals surface area contributed by atoms with E-state index in [1.165, 1.54) is 12.1 Å². The van der Waals surface area contributed by atoms with Gasteiger partial charge in [-0.1, -0.05) is 20.8 Å². The predicted octanol–water partition coefficient (Wildman–Crippen LogP) is 2.69. The van der Waals surface area contributed by atoms with Crippen LogP contribution in [0.2, 0.25) is 0 Å². The zero-order valence-electron chi connectivity index (χ0n) is 16.8. The fourth-order valence-electron chi connectivity index (χ4n) is 4.69. The first-order valence-corrected chi connectivity index (χ1v) is 9.60. The number of imide groups is 1. The van der Waals surface area contributed by atoms with Crippen molar-refractivity contribution in [3.8, 4) is 0 Å². The number of nitrogens with zero attached hydrogens (tertiary/aromatic N) is 1. The van der Waals surface area contributed by atoms with E-state index in [9.17, 15) is 23.6 Å². The number of carbonyl (C=O) groups excluding carboxylic acids is 4. The Balaban J connectivity index is 1.60. The number of benzene rings is 1. The van der Waals surface area contributed by atoms with E-state index in [0.717, 1.165) is 23.5 Å². The molecular formula is C21H25FN2O5. The van der Waals surface area contributed by atoms with Crippen molar-refractivity contribution in [2.45, 2.75) is 45.6 Å². The monoisotopic (exact) mass is 404 g/mol. The minimum Gasteiger partial charge on any atom is -0.456 e. The Morgan fingerprint density at radius 2 is 1.86 bits per heavy atom. The minimum absolute atomic E-state index is 0.112. The summed E-state index contributed by atoms with van der Waals surface area (Å²) in [4.78, 5) is 50.4. The van der Waals surface area contributed by atoms with Crippen LogP contribution in [0, 0.1) is 17.2 Å². The van der Waals surface area contributed by atoms with Crippen molar-refractivity contribution >= 4 is 23.7 Å². The maximum absolute atomic E-state index is 13.0. The van der Waals surface area contributed by atoms with E-state index >= 15 is 0 Å². The highest BCUT2D eigenvalue weighted by Crippen LogP contribution is 2.46. The molecule has 1 saturated heterocycles. The van der Waals surface area contributed by atoms with Gasteiger partial charge >= 0.3 is 12.0 Å². The van der Waals surface area contributed by atoms with Crippen molar-refractivity contribution in [1.82, 2.24) is 10.2 Å². The van der Waals surface area contributed by atoms with Gasteiger partial charge in [-0.3, -0.25) is 19.3 Å². The second kappa shape index (κ2) is 7.57. The van der Waals surface area contributed by atoms with E-state index in [-0.39, 0.29) is 16.9 Å². The Labute approximate surface area is 168 Å². The molecular weight excluding hydrogens is 379 g/mol. The van der Waals surface area contributed by atoms with E-state index in [1.807, 2.05) is 6.92 Å². The van der Waals surface area contributed by atoms with E-state index in [4.69, 9.17) is 4.74 Å². The van der Waals surface area contributed by atoms with Crippen molar-refractivity contribution in [1.29, 1.82) is 0 Å². The molecule has 2 fully saturated rings. The molecule has 1 aliphatic heterocycles. The van der Waals surface area contributed by atoms with Gasteiger partial charge in [-0.2, -0.15) is 0 Å². The van der Waals surface area contributed by atoms with E-state index < -0.39 is 48.2 Å². The molecule has 2 unspecified atom stereocenters. The molecule has 7 nitrogen and oxygen atoms in total. The largest absolute Gasteiger partial charge is 0.456 e. The summed E-state index contributed by atoms with van der Waals surface area (Å²) in [6.45, 7) is 5.05. The molecule has 2 atom stereocenters. The predicted molar refractivity (Wildman–Crippen MR) is 101 cm³/mol. The lowest BCUT2D eigenvalue weighted by atomic mass is 9.64. The van der Waals surface area contributed by atoms with E-state index in [0.29, 0.717) is 12.8 Å². The van der Waals surface area contributed by atoms with Crippen LogP contribution in [0.5, 0.6) is 0 Å². The van der Waals surface area contributed by atoms with Gasteiger partial charge in [0.2, 0.25) is 0 Å². The van der Waals surface area contributed by atoms with Gasteiger partial charge in [0.15, 0.2) is 12.4 Å². The molecule has 0 bridgehead atoms. The van der Waals surface area contributed by atoms with Gasteiger partial charge < -0.3 is 10.1 Å². The fraction of sp³-hybridized carbons (Fsp3) is 0.524. The zero-order valence-corrected chi connectivity index (χ0v) is 16.8. The summed E-state index contributed by atoms with van der Waals surface area (Å²) < 4.78 is 17.8. The highest BCUT2D eigenvalue weighted by atomic mass is 19.1. The average Bonchev–Trinajstić information content (AvgIpc) is 2.82. The summed E-state index contributed by atoms with van der Waals surface area (Å²) in [6, 6.07) is 4.22. The van der Waals surface area contributed by atoms with Crippen molar-refractivity contribution in [3.05, 3.63) is 35.6 Å². The Bertz CT molecular complexity index is 851. The van der Waals surface area contributed by atoms with Gasteiger partial charge in [-0.25, -0.2) is 9.18 Å². The van der Waals surface area contributed by atoms with Crippen LogP contribution in [0.15, 0.2) is 24.3 Å². The van der Waals surface area contributed by atoms with Gasteiger partial charge in [0.1, 0.15) is 17.9 Å². The number of urea groups is 1. The molecule has 8 heteroatoms. The molecule has 1 N–H and O–H groups in total. The van der Waals surface area contributed by atoms with Gasteiger partial charge in [-0.05, 0) is 54.9 Å². The molecule has 3 amide bonds. The number of hydrogen-bond acceptors (Lipinski definition) is 5. The quantitative estimate of drug-likeness (QED) is 0.463. The van der Waals surface area contributed by atoms with Crippen LogP contribution >= 0.6 is 0 Å². The number of halogens is 1. The molecule has 1 spiro atoms. The number of ether oxygens (including phenoxy) is 1. The summed E-state index contributed by atoms with van der Waals surface area (Å²) in [7, 11) is 0. The van der Waals surface area contributed by atoms with Gasteiger partial charge in [0.25, 0.3) is 5.91 Å². The van der Waals surface area contributed by atoms with E-state index in [1.54, 1.807) is 0 Å². The lowest BCUT2D eigenvalue weighted by Gasteiger charge is -2.43. The second-order valence-electron chi connectivity index (χ2n) is 8.85. The third-order valence-corrected chi connectivity index (χ3v) is 5.44. The number of ketones is 1. The maximum atomic E-state index is 13.0. The van der Waals surface area contributed by atoms with Crippen molar-refractivity contribution in [3.63, 3.8) is 0 Å². The third-order valence-electron chi connectivity index (χ3n) is 5.44. The topological polar surface area (TPSA) is 92.8 Å². The van der Waals surface area contributed by atoms with E-state index in [2.05, 4.69) is 19.2 Å². The molecule has 1 aromatic rings.